The maximum Gasteiger partial charge on any atom is 0.258 e. The lowest BCUT2D eigenvalue weighted by molar-refractivity contribution is 0.0627. The van der Waals surface area contributed by atoms with Crippen molar-refractivity contribution in [2.24, 2.45) is 5.11 Å². The fourth-order valence-corrected chi connectivity index (χ4v) is 3.30. The minimum atomic E-state index is -0.448. The third-order valence-electron chi connectivity index (χ3n) is 5.13. The van der Waals surface area contributed by atoms with Gasteiger partial charge < -0.3 is 24.7 Å². The summed E-state index contributed by atoms with van der Waals surface area (Å²) >= 11 is 0. The van der Waals surface area contributed by atoms with Crippen molar-refractivity contribution in [2.75, 3.05) is 45.8 Å². The Morgan fingerprint density at radius 1 is 1.12 bits per heavy atom. The highest BCUT2D eigenvalue weighted by atomic mass is 19.1. The summed E-state index contributed by atoms with van der Waals surface area (Å²) in [6, 6.07) is 12.3. The number of halogens is 1. The molecule has 178 valence electrons. The van der Waals surface area contributed by atoms with Crippen LogP contribution in [-0.2, 0) is 9.47 Å². The third kappa shape index (κ3) is 6.12. The van der Waals surface area contributed by atoms with E-state index in [4.69, 9.17) is 15.0 Å². The lowest BCUT2D eigenvalue weighted by Crippen LogP contribution is -2.36. The molecule has 0 saturated heterocycles. The first-order valence-corrected chi connectivity index (χ1v) is 10.5. The minimum absolute atomic E-state index is 0.0675. The predicted octanol–water partition coefficient (Wildman–Crippen LogP) is 3.84. The fourth-order valence-electron chi connectivity index (χ4n) is 3.30. The zero-order valence-corrected chi connectivity index (χ0v) is 18.9. The zero-order valence-electron chi connectivity index (χ0n) is 18.9. The number of pyridine rings is 1. The Balaban J connectivity index is 1.77. The number of anilines is 1. The van der Waals surface area contributed by atoms with Crippen LogP contribution in [0, 0.1) is 11.3 Å². The second-order valence-electron chi connectivity index (χ2n) is 7.38. The van der Waals surface area contributed by atoms with Crippen LogP contribution in [0.1, 0.15) is 15.9 Å². The monoisotopic (exact) mass is 467 g/mol. The van der Waals surface area contributed by atoms with E-state index in [0.717, 1.165) is 0 Å². The van der Waals surface area contributed by atoms with E-state index in [9.17, 15) is 14.0 Å². The van der Waals surface area contributed by atoms with Crippen molar-refractivity contribution in [2.45, 2.75) is 0 Å². The van der Waals surface area contributed by atoms with Crippen molar-refractivity contribution in [3.63, 3.8) is 0 Å². The van der Waals surface area contributed by atoms with Gasteiger partial charge >= 0.3 is 0 Å². The number of methoxy groups -OCH3 is 2. The summed E-state index contributed by atoms with van der Waals surface area (Å²) in [4.78, 5) is 29.6. The van der Waals surface area contributed by atoms with Crippen molar-refractivity contribution in [1.29, 1.82) is 5.53 Å². The number of carbonyl (C=O) groups excluding carboxylic acids is 1. The fraction of sp³-hybridized carbons (Fsp3) is 0.250. The summed E-state index contributed by atoms with van der Waals surface area (Å²) in [7, 11) is 3.16. The molecule has 0 aliphatic rings. The van der Waals surface area contributed by atoms with E-state index >= 15 is 0 Å². The zero-order chi connectivity index (χ0) is 24.5. The molecule has 0 aliphatic carbocycles. The van der Waals surface area contributed by atoms with E-state index in [0.29, 0.717) is 48.5 Å². The van der Waals surface area contributed by atoms with Crippen LogP contribution in [-0.4, -0.2) is 56.3 Å². The highest BCUT2D eigenvalue weighted by Crippen LogP contribution is 2.19. The molecule has 34 heavy (non-hydrogen) atoms. The van der Waals surface area contributed by atoms with Crippen molar-refractivity contribution in [3.8, 4) is 0 Å². The summed E-state index contributed by atoms with van der Waals surface area (Å²) in [6.07, 6.45) is 1.41. The van der Waals surface area contributed by atoms with Crippen molar-refractivity contribution < 1.29 is 18.7 Å². The second-order valence-corrected chi connectivity index (χ2v) is 7.38. The second kappa shape index (κ2) is 11.8. The lowest BCUT2D eigenvalue weighted by atomic mass is 10.1. The summed E-state index contributed by atoms with van der Waals surface area (Å²) in [5, 5.41) is 6.90. The maximum absolute atomic E-state index is 13.6. The van der Waals surface area contributed by atoms with Gasteiger partial charge in [0.05, 0.1) is 18.8 Å². The number of rotatable bonds is 11. The molecule has 3 aromatic rings. The largest absolute Gasteiger partial charge is 0.383 e. The van der Waals surface area contributed by atoms with Crippen molar-refractivity contribution >= 4 is 28.2 Å². The molecular formula is C24H26FN5O4. The predicted molar refractivity (Wildman–Crippen MR) is 127 cm³/mol. The molecule has 0 saturated carbocycles. The quantitative estimate of drug-likeness (QED) is 0.370. The first-order valence-electron chi connectivity index (χ1n) is 10.5. The van der Waals surface area contributed by atoms with Gasteiger partial charge in [-0.25, -0.2) is 9.92 Å². The van der Waals surface area contributed by atoms with Gasteiger partial charge in [0.1, 0.15) is 11.5 Å². The van der Waals surface area contributed by atoms with Gasteiger partial charge in [0, 0.05) is 55.7 Å². The number of hydrogen-bond acceptors (Lipinski definition) is 7. The van der Waals surface area contributed by atoms with E-state index in [1.54, 1.807) is 43.4 Å². The Labute approximate surface area is 195 Å². The Kier molecular flexibility index (Phi) is 8.60. The molecule has 0 radical (unpaired) electrons. The van der Waals surface area contributed by atoms with Crippen LogP contribution in [0.2, 0.25) is 0 Å². The van der Waals surface area contributed by atoms with Crippen molar-refractivity contribution in [1.82, 2.24) is 9.88 Å². The van der Waals surface area contributed by atoms with Gasteiger partial charge in [-0.15, -0.1) is 0 Å². The molecule has 0 fully saturated rings. The number of fused-ring (bicyclic) bond motifs is 1. The van der Waals surface area contributed by atoms with Gasteiger partial charge in [-0.2, -0.15) is 5.11 Å². The van der Waals surface area contributed by atoms with E-state index in [1.807, 2.05) is 0 Å². The normalized spacial score (nSPS) is 11.4. The summed E-state index contributed by atoms with van der Waals surface area (Å²) < 4.78 is 23.7. The number of aromatic amines is 1. The molecule has 1 heterocycles. The van der Waals surface area contributed by atoms with E-state index in [-0.39, 0.29) is 17.2 Å². The number of aromatic nitrogens is 1. The highest BCUT2D eigenvalue weighted by Gasteiger charge is 2.15. The molecule has 3 rings (SSSR count). The van der Waals surface area contributed by atoms with Crippen LogP contribution < -0.4 is 10.9 Å². The molecule has 10 heteroatoms. The first-order chi connectivity index (χ1) is 16.5. The summed E-state index contributed by atoms with van der Waals surface area (Å²) in [5.74, 6) is -0.581. The van der Waals surface area contributed by atoms with E-state index in [1.165, 1.54) is 30.5 Å². The Bertz CT molecular complexity index is 1230. The van der Waals surface area contributed by atoms with Crippen LogP contribution in [0.15, 0.2) is 64.6 Å². The summed E-state index contributed by atoms with van der Waals surface area (Å²) in [5.41, 5.74) is 8.83. The van der Waals surface area contributed by atoms with Crippen LogP contribution >= 0.6 is 0 Å². The molecule has 1 aromatic heterocycles. The smallest absolute Gasteiger partial charge is 0.258 e. The van der Waals surface area contributed by atoms with Gasteiger partial charge in [-0.3, -0.25) is 9.59 Å². The average Bonchev–Trinajstić information content (AvgIpc) is 2.85. The number of carbonyl (C=O) groups is 1. The number of H-pyrrole nitrogens is 1. The van der Waals surface area contributed by atoms with Crippen LogP contribution in [0.4, 0.5) is 10.1 Å². The van der Waals surface area contributed by atoms with Crippen LogP contribution in [0.5, 0.6) is 0 Å². The molecule has 0 unspecified atom stereocenters. The molecule has 2 aromatic carbocycles. The highest BCUT2D eigenvalue weighted by molar-refractivity contribution is 5.94. The molecule has 0 spiro atoms. The molecular weight excluding hydrogens is 441 g/mol. The number of benzene rings is 2. The number of ether oxygens (including phenoxy) is 2. The van der Waals surface area contributed by atoms with Crippen LogP contribution in [0.25, 0.3) is 16.6 Å². The number of hydrogen-bond donors (Lipinski definition) is 3. The van der Waals surface area contributed by atoms with Gasteiger partial charge in [0.15, 0.2) is 0 Å². The molecule has 0 atom stereocenters. The first kappa shape index (κ1) is 24.7. The SMILES string of the molecule is COCCN(CCOC)C(=O)c1ccc(N/C=C(\N=N)c2cc3cc(F)ccc3[nH]c2=O)cc1. The standard InChI is InChI=1S/C24H26FN5O4/c1-33-11-9-30(10-12-34-2)24(32)16-3-6-19(7-4-16)27-15-22(29-26)20-14-17-13-18(25)5-8-21(17)28-23(20)31/h3-8,13-15,26-27H,9-12H2,1-2H3,(H,28,31)/b22-15-,29-26?. The maximum atomic E-state index is 13.6. The third-order valence-corrected chi connectivity index (χ3v) is 5.13. The molecule has 0 bridgehead atoms. The van der Waals surface area contributed by atoms with Crippen LogP contribution in [0.3, 0.4) is 0 Å². The Morgan fingerprint density at radius 2 is 1.79 bits per heavy atom. The number of nitrogens with one attached hydrogen (secondary N) is 3. The van der Waals surface area contributed by atoms with Gasteiger partial charge in [-0.1, -0.05) is 0 Å². The lowest BCUT2D eigenvalue weighted by Gasteiger charge is -2.22. The Morgan fingerprint density at radius 3 is 2.41 bits per heavy atom. The molecule has 0 aliphatic heterocycles. The average molecular weight is 468 g/mol. The van der Waals surface area contributed by atoms with Crippen molar-refractivity contribution in [3.05, 3.63) is 82.0 Å². The summed E-state index contributed by atoms with van der Waals surface area (Å²) in [6.45, 7) is 1.72. The van der Waals surface area contributed by atoms with E-state index < -0.39 is 11.4 Å². The Hall–Kier alpha value is -3.89. The van der Waals surface area contributed by atoms with Gasteiger partial charge in [0.2, 0.25) is 0 Å². The van der Waals surface area contributed by atoms with E-state index in [2.05, 4.69) is 15.4 Å². The minimum Gasteiger partial charge on any atom is -0.383 e. The molecule has 9 nitrogen and oxygen atoms in total. The molecule has 3 N–H and O–H groups in total. The number of amides is 1. The van der Waals surface area contributed by atoms with Gasteiger partial charge in [0.25, 0.3) is 11.5 Å². The van der Waals surface area contributed by atoms with Gasteiger partial charge in [-0.05, 0) is 48.5 Å². The topological polar surface area (TPSA) is 120 Å². The molecule has 1 amide bonds. The number of nitrogens with zero attached hydrogens (tertiary/aromatic N) is 2.